The lowest BCUT2D eigenvalue weighted by atomic mass is 9.92. The lowest BCUT2D eigenvalue weighted by Gasteiger charge is -2.32. The van der Waals surface area contributed by atoms with Crippen LogP contribution in [0.25, 0.3) is 0 Å². The molecule has 7 nitrogen and oxygen atoms in total. The van der Waals surface area contributed by atoms with E-state index in [9.17, 15) is 14.4 Å². The molecule has 3 rings (SSSR count). The number of hydrogen-bond donors (Lipinski definition) is 1. The highest BCUT2D eigenvalue weighted by Crippen LogP contribution is 2.30. The number of piperidine rings is 1. The third-order valence-corrected chi connectivity index (χ3v) is 6.31. The lowest BCUT2D eigenvalue weighted by Crippen LogP contribution is -2.39. The Kier molecular flexibility index (Phi) is 9.70. The Labute approximate surface area is 207 Å². The molecule has 0 aromatic heterocycles. The fourth-order valence-electron chi connectivity index (χ4n) is 4.25. The number of para-hydroxylation sites is 1. The number of aryl methyl sites for hydroxylation is 2. The summed E-state index contributed by atoms with van der Waals surface area (Å²) >= 11 is 0. The summed E-state index contributed by atoms with van der Waals surface area (Å²) < 4.78 is 10.8. The monoisotopic (exact) mass is 480 g/mol. The lowest BCUT2D eigenvalue weighted by molar-refractivity contribution is -0.134. The molecular weight excluding hydrogens is 444 g/mol. The summed E-state index contributed by atoms with van der Waals surface area (Å²) in [6.45, 7) is 7.53. The zero-order valence-corrected chi connectivity index (χ0v) is 21.0. The van der Waals surface area contributed by atoms with Crippen LogP contribution in [0.3, 0.4) is 0 Å². The number of likely N-dealkylation sites (tertiary alicyclic amines) is 1. The zero-order chi connectivity index (χ0) is 25.2. The van der Waals surface area contributed by atoms with Gasteiger partial charge in [0.25, 0.3) is 0 Å². The highest BCUT2D eigenvalue weighted by molar-refractivity contribution is 5.94. The van der Waals surface area contributed by atoms with Crippen molar-refractivity contribution >= 4 is 23.5 Å². The molecule has 1 heterocycles. The molecule has 1 aliphatic heterocycles. The average molecular weight is 481 g/mol. The first-order valence-corrected chi connectivity index (χ1v) is 12.5. The third kappa shape index (κ3) is 7.84. The minimum Gasteiger partial charge on any atom is -0.494 e. The van der Waals surface area contributed by atoms with Gasteiger partial charge in [-0.05, 0) is 68.4 Å². The minimum absolute atomic E-state index is 0.103. The molecule has 2 aromatic carbocycles. The van der Waals surface area contributed by atoms with Gasteiger partial charge in [-0.2, -0.15) is 0 Å². The Morgan fingerprint density at radius 1 is 1.03 bits per heavy atom. The molecule has 0 radical (unpaired) electrons. The normalized spacial score (nSPS) is 13.9. The van der Waals surface area contributed by atoms with Crippen LogP contribution in [-0.2, 0) is 20.8 Å². The van der Waals surface area contributed by atoms with Gasteiger partial charge in [0, 0.05) is 32.4 Å². The topological polar surface area (TPSA) is 84.9 Å². The van der Waals surface area contributed by atoms with Crippen LogP contribution in [0.2, 0.25) is 0 Å². The average Bonchev–Trinajstić information content (AvgIpc) is 2.86. The quantitative estimate of drug-likeness (QED) is 0.386. The number of rotatable bonds is 10. The van der Waals surface area contributed by atoms with Crippen molar-refractivity contribution in [3.63, 3.8) is 0 Å². The molecule has 7 heteroatoms. The Morgan fingerprint density at radius 3 is 2.40 bits per heavy atom. The third-order valence-electron chi connectivity index (χ3n) is 6.31. The van der Waals surface area contributed by atoms with Crippen molar-refractivity contribution < 1.29 is 23.9 Å². The summed E-state index contributed by atoms with van der Waals surface area (Å²) in [5, 5.41) is 2.93. The number of carbonyl (C=O) groups is 3. The molecule has 0 spiro atoms. The number of anilines is 1. The standard InChI is InChI=1S/C28H36N2O5/c1-4-27(33)35-24-8-6-7-20(3)28(24)29-25(31)19-22-15-17-30(18-16-22)26(32)14-11-21-9-12-23(13-10-21)34-5-2/h6-10,12-13,22H,4-5,11,14-19H2,1-3H3,(H,29,31). The molecule has 1 aliphatic rings. The number of nitrogens with one attached hydrogen (secondary N) is 1. The Bertz CT molecular complexity index is 1010. The van der Waals surface area contributed by atoms with Gasteiger partial charge in [-0.25, -0.2) is 0 Å². The van der Waals surface area contributed by atoms with Crippen LogP contribution >= 0.6 is 0 Å². The fourth-order valence-corrected chi connectivity index (χ4v) is 4.25. The van der Waals surface area contributed by atoms with Gasteiger partial charge in [-0.15, -0.1) is 0 Å². The van der Waals surface area contributed by atoms with E-state index in [1.807, 2.05) is 49.1 Å². The molecule has 188 valence electrons. The fraction of sp³-hybridized carbons (Fsp3) is 0.464. The summed E-state index contributed by atoms with van der Waals surface area (Å²) in [5.74, 6) is 1.14. The highest BCUT2D eigenvalue weighted by atomic mass is 16.5. The molecule has 1 N–H and O–H groups in total. The van der Waals surface area contributed by atoms with E-state index in [4.69, 9.17) is 9.47 Å². The maximum absolute atomic E-state index is 12.7. The summed E-state index contributed by atoms with van der Waals surface area (Å²) in [6, 6.07) is 13.2. The van der Waals surface area contributed by atoms with Crippen molar-refractivity contribution in [1.29, 1.82) is 0 Å². The number of nitrogens with zero attached hydrogens (tertiary/aromatic N) is 1. The number of carbonyl (C=O) groups excluding carboxylic acids is 3. The number of hydrogen-bond acceptors (Lipinski definition) is 5. The molecule has 1 saturated heterocycles. The van der Waals surface area contributed by atoms with Crippen LogP contribution in [0.1, 0.15) is 57.1 Å². The van der Waals surface area contributed by atoms with E-state index >= 15 is 0 Å². The number of ether oxygens (including phenoxy) is 2. The van der Waals surface area contributed by atoms with Crippen molar-refractivity contribution in [1.82, 2.24) is 4.90 Å². The molecule has 2 aromatic rings. The van der Waals surface area contributed by atoms with E-state index in [1.54, 1.807) is 19.1 Å². The minimum atomic E-state index is -0.342. The SMILES string of the molecule is CCOc1ccc(CCC(=O)N2CCC(CC(=O)Nc3c(C)cccc3OC(=O)CC)CC2)cc1. The van der Waals surface area contributed by atoms with E-state index in [1.165, 1.54) is 0 Å². The molecule has 35 heavy (non-hydrogen) atoms. The molecule has 0 atom stereocenters. The Balaban J connectivity index is 1.44. The van der Waals surface area contributed by atoms with Crippen molar-refractivity contribution in [2.45, 2.75) is 59.3 Å². The first-order chi connectivity index (χ1) is 16.9. The van der Waals surface area contributed by atoms with Crippen LogP contribution in [0.15, 0.2) is 42.5 Å². The van der Waals surface area contributed by atoms with E-state index in [0.29, 0.717) is 50.4 Å². The molecular formula is C28H36N2O5. The second kappa shape index (κ2) is 12.9. The molecule has 0 aliphatic carbocycles. The number of benzene rings is 2. The second-order valence-electron chi connectivity index (χ2n) is 8.93. The van der Waals surface area contributed by atoms with E-state index < -0.39 is 0 Å². The smallest absolute Gasteiger partial charge is 0.310 e. The maximum atomic E-state index is 12.7. The van der Waals surface area contributed by atoms with Crippen molar-refractivity contribution in [3.05, 3.63) is 53.6 Å². The number of esters is 1. The van der Waals surface area contributed by atoms with Crippen LogP contribution in [0.5, 0.6) is 11.5 Å². The molecule has 0 unspecified atom stereocenters. The summed E-state index contributed by atoms with van der Waals surface area (Å²) in [6.07, 6.45) is 3.42. The van der Waals surface area contributed by atoms with Gasteiger partial charge in [0.15, 0.2) is 5.75 Å². The number of amides is 2. The van der Waals surface area contributed by atoms with E-state index in [2.05, 4.69) is 5.32 Å². The van der Waals surface area contributed by atoms with Gasteiger partial charge in [0.05, 0.1) is 12.3 Å². The van der Waals surface area contributed by atoms with Gasteiger partial charge in [0.2, 0.25) is 11.8 Å². The zero-order valence-electron chi connectivity index (χ0n) is 21.0. The van der Waals surface area contributed by atoms with Crippen LogP contribution in [0.4, 0.5) is 5.69 Å². The summed E-state index contributed by atoms with van der Waals surface area (Å²) in [7, 11) is 0. The van der Waals surface area contributed by atoms with Gasteiger partial charge >= 0.3 is 5.97 Å². The van der Waals surface area contributed by atoms with Gasteiger partial charge in [-0.1, -0.05) is 31.2 Å². The largest absolute Gasteiger partial charge is 0.494 e. The van der Waals surface area contributed by atoms with Crippen molar-refractivity contribution in [2.75, 3.05) is 25.0 Å². The van der Waals surface area contributed by atoms with Crippen molar-refractivity contribution in [2.24, 2.45) is 5.92 Å². The van der Waals surface area contributed by atoms with Gasteiger partial charge < -0.3 is 19.7 Å². The highest BCUT2D eigenvalue weighted by Gasteiger charge is 2.25. The Morgan fingerprint density at radius 2 is 1.74 bits per heavy atom. The summed E-state index contributed by atoms with van der Waals surface area (Å²) in [5.41, 5.74) is 2.50. The predicted octanol–water partition coefficient (Wildman–Crippen LogP) is 4.91. The molecule has 2 amide bonds. The second-order valence-corrected chi connectivity index (χ2v) is 8.93. The molecule has 1 fully saturated rings. The summed E-state index contributed by atoms with van der Waals surface area (Å²) in [4.78, 5) is 39.1. The molecule has 0 saturated carbocycles. The van der Waals surface area contributed by atoms with Crippen molar-refractivity contribution in [3.8, 4) is 11.5 Å². The maximum Gasteiger partial charge on any atom is 0.310 e. The van der Waals surface area contributed by atoms with E-state index in [0.717, 1.165) is 29.7 Å². The predicted molar refractivity (Wildman–Crippen MR) is 136 cm³/mol. The van der Waals surface area contributed by atoms with Crippen LogP contribution in [0, 0.1) is 12.8 Å². The van der Waals surface area contributed by atoms with Crippen LogP contribution < -0.4 is 14.8 Å². The molecule has 0 bridgehead atoms. The first-order valence-electron chi connectivity index (χ1n) is 12.5. The first kappa shape index (κ1) is 26.3. The Hall–Kier alpha value is -3.35. The van der Waals surface area contributed by atoms with E-state index in [-0.39, 0.29) is 30.1 Å². The van der Waals surface area contributed by atoms with Crippen LogP contribution in [-0.4, -0.2) is 42.4 Å². The van der Waals surface area contributed by atoms with Gasteiger partial charge in [-0.3, -0.25) is 14.4 Å². The van der Waals surface area contributed by atoms with Gasteiger partial charge in [0.1, 0.15) is 5.75 Å².